The molecule has 1 fully saturated rings. The van der Waals surface area contributed by atoms with Gasteiger partial charge in [-0.3, -0.25) is 0 Å². The maximum absolute atomic E-state index is 13.5. The third-order valence-electron chi connectivity index (χ3n) is 5.54. The van der Waals surface area contributed by atoms with Crippen LogP contribution in [-0.4, -0.2) is 29.3 Å². The van der Waals surface area contributed by atoms with Crippen LogP contribution in [0.4, 0.5) is 13.2 Å². The summed E-state index contributed by atoms with van der Waals surface area (Å²) >= 11 is 0. The smallest absolute Gasteiger partial charge is 0.416 e. The minimum absolute atomic E-state index is 0.156. The molecule has 0 spiro atoms. The molecular formula is C25H21F3N2O3. The summed E-state index contributed by atoms with van der Waals surface area (Å²) in [7, 11) is 0. The normalized spacial score (nSPS) is 15.0. The number of pyridine rings is 1. The monoisotopic (exact) mass is 454 g/mol. The number of rotatable bonds is 5. The van der Waals surface area contributed by atoms with Crippen molar-refractivity contribution >= 4 is 11.0 Å². The van der Waals surface area contributed by atoms with Gasteiger partial charge >= 0.3 is 6.18 Å². The molecule has 0 amide bonds. The Morgan fingerprint density at radius 2 is 1.70 bits per heavy atom. The van der Waals surface area contributed by atoms with E-state index in [9.17, 15) is 13.2 Å². The second-order valence-corrected chi connectivity index (χ2v) is 7.85. The van der Waals surface area contributed by atoms with E-state index in [-0.39, 0.29) is 11.9 Å². The van der Waals surface area contributed by atoms with Gasteiger partial charge < -0.3 is 19.2 Å². The number of halogens is 3. The number of alkyl halides is 3. The van der Waals surface area contributed by atoms with E-state index in [2.05, 4.69) is 9.97 Å². The summed E-state index contributed by atoms with van der Waals surface area (Å²) in [6.45, 7) is 1.09. The number of hydrogen-bond donors (Lipinski definition) is 1. The summed E-state index contributed by atoms with van der Waals surface area (Å²) in [6, 6.07) is 14.4. The van der Waals surface area contributed by atoms with Gasteiger partial charge in [-0.2, -0.15) is 13.2 Å². The van der Waals surface area contributed by atoms with E-state index >= 15 is 0 Å². The fourth-order valence-corrected chi connectivity index (χ4v) is 3.85. The number of aromatic amines is 1. The summed E-state index contributed by atoms with van der Waals surface area (Å²) in [5.41, 5.74) is 1.03. The lowest BCUT2D eigenvalue weighted by Gasteiger charge is -2.24. The van der Waals surface area contributed by atoms with Crippen LogP contribution in [0.2, 0.25) is 0 Å². The molecule has 170 valence electrons. The molecule has 1 aliphatic heterocycles. The Morgan fingerprint density at radius 3 is 2.45 bits per heavy atom. The molecule has 4 aromatic rings. The van der Waals surface area contributed by atoms with E-state index in [1.807, 2.05) is 6.07 Å². The number of H-pyrrole nitrogens is 1. The number of benzene rings is 2. The van der Waals surface area contributed by atoms with Crippen LogP contribution in [0.15, 0.2) is 67.0 Å². The van der Waals surface area contributed by atoms with Crippen LogP contribution in [0.3, 0.4) is 0 Å². The van der Waals surface area contributed by atoms with Gasteiger partial charge in [0.25, 0.3) is 0 Å². The number of ether oxygens (including phenoxy) is 3. The van der Waals surface area contributed by atoms with Crippen molar-refractivity contribution in [2.45, 2.75) is 25.1 Å². The molecule has 2 aromatic carbocycles. The van der Waals surface area contributed by atoms with Gasteiger partial charge in [0.2, 0.25) is 0 Å². The first-order valence-electron chi connectivity index (χ1n) is 10.6. The maximum atomic E-state index is 13.5. The van der Waals surface area contributed by atoms with Crippen molar-refractivity contribution in [1.29, 1.82) is 0 Å². The van der Waals surface area contributed by atoms with Crippen LogP contribution in [-0.2, 0) is 10.9 Å². The Hall–Kier alpha value is -3.52. The highest BCUT2D eigenvalue weighted by Crippen LogP contribution is 2.37. The Labute approximate surface area is 188 Å². The highest BCUT2D eigenvalue weighted by atomic mass is 19.4. The molecule has 1 saturated heterocycles. The highest BCUT2D eigenvalue weighted by Gasteiger charge is 2.32. The Bertz CT molecular complexity index is 1250. The Kier molecular flexibility index (Phi) is 5.68. The lowest BCUT2D eigenvalue weighted by Crippen LogP contribution is -2.26. The zero-order chi connectivity index (χ0) is 22.8. The topological polar surface area (TPSA) is 56.4 Å². The summed E-state index contributed by atoms with van der Waals surface area (Å²) in [5.74, 6) is 1.41. The zero-order valence-electron chi connectivity index (χ0n) is 17.6. The van der Waals surface area contributed by atoms with E-state index in [4.69, 9.17) is 14.2 Å². The van der Waals surface area contributed by atoms with Crippen LogP contribution in [0.5, 0.6) is 17.2 Å². The van der Waals surface area contributed by atoms with Gasteiger partial charge in [0.05, 0.1) is 24.2 Å². The van der Waals surface area contributed by atoms with Gasteiger partial charge in [-0.15, -0.1) is 0 Å². The van der Waals surface area contributed by atoms with E-state index in [0.29, 0.717) is 54.3 Å². The Morgan fingerprint density at radius 1 is 0.909 bits per heavy atom. The minimum atomic E-state index is -4.48. The van der Waals surface area contributed by atoms with Crippen molar-refractivity contribution in [2.75, 3.05) is 13.2 Å². The molecule has 0 atom stereocenters. The second kappa shape index (κ2) is 8.78. The molecule has 0 bridgehead atoms. The van der Waals surface area contributed by atoms with Crippen LogP contribution < -0.4 is 9.47 Å². The third-order valence-corrected chi connectivity index (χ3v) is 5.54. The molecule has 33 heavy (non-hydrogen) atoms. The molecule has 1 N–H and O–H groups in total. The van der Waals surface area contributed by atoms with Gasteiger partial charge in [-0.05, 0) is 53.6 Å². The van der Waals surface area contributed by atoms with Crippen LogP contribution in [0.25, 0.3) is 22.2 Å². The van der Waals surface area contributed by atoms with Gasteiger partial charge in [0.15, 0.2) is 0 Å². The molecule has 3 heterocycles. The second-order valence-electron chi connectivity index (χ2n) is 7.85. The quantitative estimate of drug-likeness (QED) is 0.369. The summed E-state index contributed by atoms with van der Waals surface area (Å²) in [5, 5.41) is 0.842. The Balaban J connectivity index is 1.41. The third kappa shape index (κ3) is 4.80. The van der Waals surface area contributed by atoms with Gasteiger partial charge in [0, 0.05) is 25.2 Å². The van der Waals surface area contributed by atoms with Crippen molar-refractivity contribution in [2.24, 2.45) is 0 Å². The lowest BCUT2D eigenvalue weighted by atomic mass is 10.0. The fourth-order valence-electron chi connectivity index (χ4n) is 3.85. The molecule has 0 unspecified atom stereocenters. The number of nitrogens with one attached hydrogen (secondary N) is 1. The summed E-state index contributed by atoms with van der Waals surface area (Å²) < 4.78 is 57.8. The summed E-state index contributed by atoms with van der Waals surface area (Å²) in [6.07, 6.45) is 0.0985. The van der Waals surface area contributed by atoms with Crippen molar-refractivity contribution in [1.82, 2.24) is 9.97 Å². The number of nitrogens with zero attached hydrogens (tertiary/aromatic N) is 1. The van der Waals surface area contributed by atoms with E-state index in [0.717, 1.165) is 17.5 Å². The summed E-state index contributed by atoms with van der Waals surface area (Å²) in [4.78, 5) is 7.26. The average molecular weight is 454 g/mol. The number of hydrogen-bond acceptors (Lipinski definition) is 4. The van der Waals surface area contributed by atoms with Gasteiger partial charge in [-0.1, -0.05) is 12.1 Å². The lowest BCUT2D eigenvalue weighted by molar-refractivity contribution is -0.137. The molecule has 5 rings (SSSR count). The SMILES string of the molecule is FC(F)(F)c1cc(OC2CCOCC2)cc(-c2ccc(Oc3ccnc4[nH]ccc34)cc2)c1. The molecule has 0 aliphatic carbocycles. The molecule has 1 aliphatic rings. The molecular weight excluding hydrogens is 433 g/mol. The first-order valence-corrected chi connectivity index (χ1v) is 10.6. The van der Waals surface area contributed by atoms with Crippen LogP contribution in [0.1, 0.15) is 18.4 Å². The number of fused-ring (bicyclic) bond motifs is 1. The van der Waals surface area contributed by atoms with Gasteiger partial charge in [-0.25, -0.2) is 4.98 Å². The molecule has 2 aromatic heterocycles. The average Bonchev–Trinajstić information content (AvgIpc) is 3.30. The molecule has 0 radical (unpaired) electrons. The predicted octanol–water partition coefficient (Wildman–Crippen LogP) is 6.60. The first kappa shape index (κ1) is 21.3. The van der Waals surface area contributed by atoms with Gasteiger partial charge in [0.1, 0.15) is 29.0 Å². The highest BCUT2D eigenvalue weighted by molar-refractivity contribution is 5.82. The molecule has 0 saturated carbocycles. The van der Waals surface area contributed by atoms with E-state index in [1.54, 1.807) is 48.8 Å². The molecule has 8 heteroatoms. The van der Waals surface area contributed by atoms with Crippen molar-refractivity contribution in [3.63, 3.8) is 0 Å². The standard InChI is InChI=1S/C25H21F3N2O3/c26-25(27,28)18-13-17(14-21(15-18)32-20-7-11-31-12-8-20)16-1-3-19(4-2-16)33-23-6-10-30-24-22(23)5-9-29-24/h1-6,9-10,13-15,20H,7-8,11-12H2,(H,29,30). The van der Waals surface area contributed by atoms with Crippen LogP contribution in [0, 0.1) is 0 Å². The predicted molar refractivity (Wildman–Crippen MR) is 118 cm³/mol. The fraction of sp³-hybridized carbons (Fsp3) is 0.240. The van der Waals surface area contributed by atoms with E-state index < -0.39 is 11.7 Å². The van der Waals surface area contributed by atoms with Crippen molar-refractivity contribution in [3.05, 3.63) is 72.6 Å². The zero-order valence-corrected chi connectivity index (χ0v) is 17.6. The van der Waals surface area contributed by atoms with E-state index in [1.165, 1.54) is 0 Å². The maximum Gasteiger partial charge on any atom is 0.416 e. The van der Waals surface area contributed by atoms with Crippen molar-refractivity contribution < 1.29 is 27.4 Å². The minimum Gasteiger partial charge on any atom is -0.490 e. The van der Waals surface area contributed by atoms with Crippen LogP contribution >= 0.6 is 0 Å². The number of aromatic nitrogens is 2. The largest absolute Gasteiger partial charge is 0.490 e. The molecule has 5 nitrogen and oxygen atoms in total. The van der Waals surface area contributed by atoms with Crippen molar-refractivity contribution in [3.8, 4) is 28.4 Å². The first-order chi connectivity index (χ1) is 16.0.